The van der Waals surface area contributed by atoms with Gasteiger partial charge >= 0.3 is 0 Å². The maximum Gasteiger partial charge on any atom is 0.136 e. The van der Waals surface area contributed by atoms with E-state index in [1.54, 1.807) is 6.92 Å². The van der Waals surface area contributed by atoms with Gasteiger partial charge in [0, 0.05) is 0 Å². The molecule has 0 heterocycles. The molecule has 0 aromatic rings. The summed E-state index contributed by atoms with van der Waals surface area (Å²) >= 11 is 0. The van der Waals surface area contributed by atoms with Gasteiger partial charge in [-0.1, -0.05) is 18.5 Å². The number of hydrogen-bond acceptors (Lipinski definition) is 2. The average Bonchev–Trinajstić information content (AvgIpc) is 1.80. The molecule has 0 aliphatic carbocycles. The van der Waals surface area contributed by atoms with Gasteiger partial charge in [-0.05, 0) is 13.3 Å². The van der Waals surface area contributed by atoms with E-state index >= 15 is 0 Å². The molecule has 0 unspecified atom stereocenters. The Morgan fingerprint density at radius 3 is 2.78 bits per heavy atom. The van der Waals surface area contributed by atoms with Crippen LogP contribution >= 0.6 is 0 Å². The lowest BCUT2D eigenvalue weighted by atomic mass is 10.4. The van der Waals surface area contributed by atoms with Gasteiger partial charge in [0.25, 0.3) is 0 Å². The highest BCUT2D eigenvalue weighted by molar-refractivity contribution is 5.76. The predicted molar refractivity (Wildman–Crippen MR) is 38.2 cm³/mol. The molecule has 0 aliphatic heterocycles. The molecule has 0 saturated carbocycles. The van der Waals surface area contributed by atoms with Gasteiger partial charge in [-0.15, -0.1) is 0 Å². The molecule has 0 rings (SSSR count). The maximum atomic E-state index is 5.20. The van der Waals surface area contributed by atoms with Crippen LogP contribution in [0.15, 0.2) is 5.16 Å². The summed E-state index contributed by atoms with van der Waals surface area (Å²) < 4.78 is 0. The van der Waals surface area contributed by atoms with Crippen molar-refractivity contribution in [2.75, 3.05) is 6.61 Å². The molecular formula is C6H14N2O. The molecule has 0 aliphatic rings. The van der Waals surface area contributed by atoms with E-state index in [-0.39, 0.29) is 0 Å². The molecular weight excluding hydrogens is 116 g/mol. The number of oxime groups is 1. The van der Waals surface area contributed by atoms with Crippen molar-refractivity contribution in [1.82, 2.24) is 0 Å². The van der Waals surface area contributed by atoms with Crippen LogP contribution in [0.2, 0.25) is 0 Å². The summed E-state index contributed by atoms with van der Waals surface area (Å²) in [5.41, 5.74) is 5.20. The lowest BCUT2D eigenvalue weighted by Gasteiger charge is -1.95. The summed E-state index contributed by atoms with van der Waals surface area (Å²) in [5, 5.41) is 3.56. The first-order valence-corrected chi connectivity index (χ1v) is 3.19. The van der Waals surface area contributed by atoms with Gasteiger partial charge in [-0.25, -0.2) is 0 Å². The number of nitrogens with zero attached hydrogens (tertiary/aromatic N) is 1. The third-order valence-electron chi connectivity index (χ3n) is 0.798. The number of hydrogen-bond donors (Lipinski definition) is 1. The highest BCUT2D eigenvalue weighted by Gasteiger charge is 1.81. The van der Waals surface area contributed by atoms with E-state index in [4.69, 9.17) is 10.6 Å². The summed E-state index contributed by atoms with van der Waals surface area (Å²) in [5.74, 6) is 0.478. The van der Waals surface area contributed by atoms with Crippen LogP contribution in [0.5, 0.6) is 0 Å². The van der Waals surface area contributed by atoms with Crippen LogP contribution in [0.3, 0.4) is 0 Å². The van der Waals surface area contributed by atoms with Gasteiger partial charge in [0.1, 0.15) is 12.4 Å². The summed E-state index contributed by atoms with van der Waals surface area (Å²) in [6.45, 7) is 4.47. The van der Waals surface area contributed by atoms with Crippen LogP contribution in [0, 0.1) is 0 Å². The van der Waals surface area contributed by atoms with Crippen molar-refractivity contribution in [1.29, 1.82) is 0 Å². The van der Waals surface area contributed by atoms with Crippen LogP contribution < -0.4 is 5.73 Å². The molecule has 0 aromatic carbocycles. The third-order valence-corrected chi connectivity index (χ3v) is 0.798. The molecule has 9 heavy (non-hydrogen) atoms. The van der Waals surface area contributed by atoms with Crippen LogP contribution in [0.1, 0.15) is 26.7 Å². The van der Waals surface area contributed by atoms with E-state index < -0.39 is 0 Å². The largest absolute Gasteiger partial charge is 0.394 e. The Morgan fingerprint density at radius 1 is 1.67 bits per heavy atom. The first-order valence-electron chi connectivity index (χ1n) is 3.19. The minimum Gasteiger partial charge on any atom is -0.394 e. The fraction of sp³-hybridized carbons (Fsp3) is 0.833. The summed E-state index contributed by atoms with van der Waals surface area (Å²) in [6, 6.07) is 0. The van der Waals surface area contributed by atoms with Crippen LogP contribution in [0.25, 0.3) is 0 Å². The minimum atomic E-state index is 0.478. The molecule has 0 atom stereocenters. The SMILES string of the molecule is CCCCON=C(C)N. The zero-order chi connectivity index (χ0) is 7.11. The molecule has 54 valence electrons. The Labute approximate surface area is 55.9 Å². The predicted octanol–water partition coefficient (Wildman–Crippen LogP) is 1.10. The number of nitrogens with two attached hydrogens (primary N) is 1. The number of rotatable bonds is 4. The van der Waals surface area contributed by atoms with E-state index in [0.717, 1.165) is 12.8 Å². The normalized spacial score (nSPS) is 11.6. The Morgan fingerprint density at radius 2 is 2.33 bits per heavy atom. The Kier molecular flexibility index (Phi) is 4.97. The number of unbranched alkanes of at least 4 members (excludes halogenated alkanes) is 1. The second-order valence-corrected chi connectivity index (χ2v) is 1.92. The topological polar surface area (TPSA) is 47.6 Å². The minimum absolute atomic E-state index is 0.478. The van der Waals surface area contributed by atoms with E-state index in [1.165, 1.54) is 0 Å². The van der Waals surface area contributed by atoms with Crippen molar-refractivity contribution in [2.24, 2.45) is 10.9 Å². The van der Waals surface area contributed by atoms with Crippen LogP contribution in [-0.2, 0) is 4.84 Å². The van der Waals surface area contributed by atoms with Crippen molar-refractivity contribution in [3.8, 4) is 0 Å². The fourth-order valence-electron chi connectivity index (χ4n) is 0.356. The second-order valence-electron chi connectivity index (χ2n) is 1.92. The zero-order valence-corrected chi connectivity index (χ0v) is 6.05. The van der Waals surface area contributed by atoms with Crippen molar-refractivity contribution in [3.05, 3.63) is 0 Å². The monoisotopic (exact) mass is 130 g/mol. The van der Waals surface area contributed by atoms with Gasteiger partial charge in [-0.3, -0.25) is 0 Å². The lowest BCUT2D eigenvalue weighted by molar-refractivity contribution is 0.140. The Balaban J connectivity index is 3.00. The van der Waals surface area contributed by atoms with Crippen LogP contribution in [-0.4, -0.2) is 12.4 Å². The van der Waals surface area contributed by atoms with Crippen LogP contribution in [0.4, 0.5) is 0 Å². The van der Waals surface area contributed by atoms with E-state index in [9.17, 15) is 0 Å². The molecule has 2 N–H and O–H groups in total. The van der Waals surface area contributed by atoms with Crippen molar-refractivity contribution in [2.45, 2.75) is 26.7 Å². The Hall–Kier alpha value is -0.730. The Bertz CT molecular complexity index is 87.1. The van der Waals surface area contributed by atoms with E-state index in [2.05, 4.69) is 12.1 Å². The standard InChI is InChI=1S/C6H14N2O/c1-3-4-5-9-8-6(2)7/h3-5H2,1-2H3,(H2,7,8). The first-order chi connectivity index (χ1) is 4.27. The van der Waals surface area contributed by atoms with Gasteiger partial charge in [-0.2, -0.15) is 0 Å². The van der Waals surface area contributed by atoms with Gasteiger partial charge in [0.15, 0.2) is 0 Å². The quantitative estimate of drug-likeness (QED) is 0.268. The molecule has 3 heteroatoms. The second kappa shape index (κ2) is 5.41. The maximum absolute atomic E-state index is 5.20. The zero-order valence-electron chi connectivity index (χ0n) is 6.05. The average molecular weight is 130 g/mol. The first kappa shape index (κ1) is 8.27. The smallest absolute Gasteiger partial charge is 0.136 e. The molecule has 0 saturated heterocycles. The summed E-state index contributed by atoms with van der Waals surface area (Å²) in [6.07, 6.45) is 2.16. The molecule has 0 bridgehead atoms. The van der Waals surface area contributed by atoms with Gasteiger partial charge in [0.2, 0.25) is 0 Å². The van der Waals surface area contributed by atoms with Crippen molar-refractivity contribution in [3.63, 3.8) is 0 Å². The van der Waals surface area contributed by atoms with Crippen molar-refractivity contribution >= 4 is 5.84 Å². The van der Waals surface area contributed by atoms with E-state index in [0.29, 0.717) is 12.4 Å². The van der Waals surface area contributed by atoms with E-state index in [1.807, 2.05) is 0 Å². The van der Waals surface area contributed by atoms with Crippen molar-refractivity contribution < 1.29 is 4.84 Å². The molecule has 0 amide bonds. The highest BCUT2D eigenvalue weighted by atomic mass is 16.6. The molecule has 3 nitrogen and oxygen atoms in total. The lowest BCUT2D eigenvalue weighted by Crippen LogP contribution is -2.06. The highest BCUT2D eigenvalue weighted by Crippen LogP contribution is 1.87. The summed E-state index contributed by atoms with van der Waals surface area (Å²) in [4.78, 5) is 4.80. The molecule has 0 fully saturated rings. The fourth-order valence-corrected chi connectivity index (χ4v) is 0.356. The molecule has 0 spiro atoms. The molecule has 0 aromatic heterocycles. The van der Waals surface area contributed by atoms with Gasteiger partial charge < -0.3 is 10.6 Å². The third kappa shape index (κ3) is 7.27. The molecule has 0 radical (unpaired) electrons. The summed E-state index contributed by atoms with van der Waals surface area (Å²) in [7, 11) is 0. The van der Waals surface area contributed by atoms with Gasteiger partial charge in [0.05, 0.1) is 0 Å². The number of amidine groups is 1.